The van der Waals surface area contributed by atoms with Gasteiger partial charge in [0, 0.05) is 24.5 Å². The Labute approximate surface area is 168 Å². The molecular formula is C21H19FN2O4S. The summed E-state index contributed by atoms with van der Waals surface area (Å²) in [5.41, 5.74) is 0.541. The lowest BCUT2D eigenvalue weighted by atomic mass is 10.2. The molecule has 0 bridgehead atoms. The number of ether oxygens (including phenoxy) is 1. The molecule has 1 atom stereocenters. The third kappa shape index (κ3) is 4.78. The highest BCUT2D eigenvalue weighted by atomic mass is 32.2. The van der Waals surface area contributed by atoms with E-state index in [1.165, 1.54) is 49.8 Å². The van der Waals surface area contributed by atoms with E-state index in [1.54, 1.807) is 24.3 Å². The quantitative estimate of drug-likeness (QED) is 0.642. The molecule has 1 N–H and O–H groups in total. The predicted molar refractivity (Wildman–Crippen MR) is 106 cm³/mol. The highest BCUT2D eigenvalue weighted by Crippen LogP contribution is 2.29. The number of hydrogen-bond donors (Lipinski definition) is 1. The number of rotatable bonds is 7. The molecule has 0 saturated heterocycles. The van der Waals surface area contributed by atoms with Crippen molar-refractivity contribution in [3.05, 3.63) is 90.0 Å². The zero-order valence-electron chi connectivity index (χ0n) is 15.6. The van der Waals surface area contributed by atoms with E-state index in [0.29, 0.717) is 11.3 Å². The Hall–Kier alpha value is -3.26. The molecule has 29 heavy (non-hydrogen) atoms. The van der Waals surface area contributed by atoms with Gasteiger partial charge in [-0.25, -0.2) is 12.8 Å². The normalized spacial score (nSPS) is 12.2. The zero-order chi connectivity index (χ0) is 20.9. The first-order valence-electron chi connectivity index (χ1n) is 8.73. The Morgan fingerprint density at radius 1 is 1.14 bits per heavy atom. The molecular weight excluding hydrogens is 395 g/mol. The predicted octanol–water partition coefficient (Wildman–Crippen LogP) is 3.17. The number of methoxy groups -OCH3 is 1. The first kappa shape index (κ1) is 20.5. The number of aromatic nitrogens is 1. The lowest BCUT2D eigenvalue weighted by molar-refractivity contribution is 0.0953. The maximum atomic E-state index is 13.4. The molecule has 0 unspecified atom stereocenters. The number of nitrogens with one attached hydrogen (secondary N) is 1. The summed E-state index contributed by atoms with van der Waals surface area (Å²) < 4.78 is 45.0. The summed E-state index contributed by atoms with van der Waals surface area (Å²) in [5, 5.41) is 1.52. The summed E-state index contributed by atoms with van der Waals surface area (Å²) in [6, 6.07) is 14.4. The number of benzene rings is 2. The minimum Gasteiger partial charge on any atom is -0.497 e. The van der Waals surface area contributed by atoms with Gasteiger partial charge in [-0.1, -0.05) is 12.1 Å². The van der Waals surface area contributed by atoms with E-state index in [4.69, 9.17) is 4.74 Å². The summed E-state index contributed by atoms with van der Waals surface area (Å²) in [6.45, 7) is -0.199. The third-order valence-corrected chi connectivity index (χ3v) is 6.47. The van der Waals surface area contributed by atoms with Crippen LogP contribution in [-0.2, 0) is 9.84 Å². The van der Waals surface area contributed by atoms with Crippen molar-refractivity contribution in [2.75, 3.05) is 13.7 Å². The number of sulfone groups is 1. The Morgan fingerprint density at radius 2 is 1.90 bits per heavy atom. The molecule has 3 rings (SSSR count). The molecule has 0 spiro atoms. The van der Waals surface area contributed by atoms with Gasteiger partial charge in [0.25, 0.3) is 5.91 Å². The summed E-state index contributed by atoms with van der Waals surface area (Å²) >= 11 is 0. The molecule has 8 heteroatoms. The van der Waals surface area contributed by atoms with Gasteiger partial charge in [0.15, 0.2) is 9.84 Å². The van der Waals surface area contributed by atoms with Crippen LogP contribution >= 0.6 is 0 Å². The van der Waals surface area contributed by atoms with E-state index in [0.717, 1.165) is 6.07 Å². The second kappa shape index (κ2) is 8.83. The largest absolute Gasteiger partial charge is 0.497 e. The zero-order valence-corrected chi connectivity index (χ0v) is 16.4. The molecule has 0 aliphatic rings. The first-order valence-corrected chi connectivity index (χ1v) is 10.3. The van der Waals surface area contributed by atoms with Crippen LogP contribution in [0.2, 0.25) is 0 Å². The fraction of sp³-hybridized carbons (Fsp3) is 0.143. The maximum absolute atomic E-state index is 13.4. The van der Waals surface area contributed by atoms with Crippen LogP contribution in [-0.4, -0.2) is 33.0 Å². The third-order valence-electron chi connectivity index (χ3n) is 4.35. The molecule has 6 nitrogen and oxygen atoms in total. The van der Waals surface area contributed by atoms with E-state index in [2.05, 4.69) is 10.3 Å². The van der Waals surface area contributed by atoms with Gasteiger partial charge in [-0.15, -0.1) is 0 Å². The Kier molecular flexibility index (Phi) is 6.23. The van der Waals surface area contributed by atoms with Gasteiger partial charge in [0.1, 0.15) is 16.8 Å². The van der Waals surface area contributed by atoms with E-state index >= 15 is 0 Å². The van der Waals surface area contributed by atoms with Gasteiger partial charge in [-0.05, 0) is 54.1 Å². The first-order chi connectivity index (χ1) is 13.9. The molecule has 1 aromatic heterocycles. The number of nitrogens with zero attached hydrogens (tertiary/aromatic N) is 1. The number of carbonyl (C=O) groups is 1. The van der Waals surface area contributed by atoms with Crippen molar-refractivity contribution in [2.45, 2.75) is 10.1 Å². The van der Waals surface area contributed by atoms with Gasteiger partial charge in [0.2, 0.25) is 0 Å². The van der Waals surface area contributed by atoms with Gasteiger partial charge in [0.05, 0.1) is 12.0 Å². The standard InChI is InChI=1S/C21H19FN2O4S/c1-28-18-7-9-19(10-8-18)29(26,27)20(16-5-3-11-23-13-16)14-24-21(25)15-4-2-6-17(22)12-15/h2-13,20H,14H2,1H3,(H,24,25)/t20-/m0/s1. The van der Waals surface area contributed by atoms with Gasteiger partial charge >= 0.3 is 0 Å². The molecule has 0 aliphatic carbocycles. The van der Waals surface area contributed by atoms with Crippen LogP contribution in [0.15, 0.2) is 78.0 Å². The fourth-order valence-electron chi connectivity index (χ4n) is 2.82. The van der Waals surface area contributed by atoms with Crippen LogP contribution in [0.4, 0.5) is 4.39 Å². The van der Waals surface area contributed by atoms with E-state index < -0.39 is 26.8 Å². The molecule has 3 aromatic rings. The van der Waals surface area contributed by atoms with Crippen molar-refractivity contribution in [3.63, 3.8) is 0 Å². The highest BCUT2D eigenvalue weighted by Gasteiger charge is 2.30. The maximum Gasteiger partial charge on any atom is 0.251 e. The van der Waals surface area contributed by atoms with Crippen LogP contribution in [0.3, 0.4) is 0 Å². The topological polar surface area (TPSA) is 85.4 Å². The van der Waals surface area contributed by atoms with Crippen molar-refractivity contribution in [3.8, 4) is 5.75 Å². The Morgan fingerprint density at radius 3 is 2.52 bits per heavy atom. The molecule has 0 aliphatic heterocycles. The summed E-state index contributed by atoms with van der Waals surface area (Å²) in [4.78, 5) is 16.5. The average Bonchev–Trinajstić information content (AvgIpc) is 2.74. The summed E-state index contributed by atoms with van der Waals surface area (Å²) in [7, 11) is -2.36. The SMILES string of the molecule is COc1ccc(S(=O)(=O)[C@@H](CNC(=O)c2cccc(F)c2)c2cccnc2)cc1. The number of carbonyl (C=O) groups excluding carboxylic acids is 1. The lowest BCUT2D eigenvalue weighted by Crippen LogP contribution is -2.32. The number of halogens is 1. The molecule has 0 fully saturated rings. The molecule has 1 amide bonds. The van der Waals surface area contributed by atoms with Crippen molar-refractivity contribution in [2.24, 2.45) is 0 Å². The molecule has 0 saturated carbocycles. The van der Waals surface area contributed by atoms with E-state index in [-0.39, 0.29) is 17.0 Å². The van der Waals surface area contributed by atoms with Crippen LogP contribution in [0.25, 0.3) is 0 Å². The smallest absolute Gasteiger partial charge is 0.251 e. The van der Waals surface area contributed by atoms with Crippen molar-refractivity contribution >= 4 is 15.7 Å². The molecule has 150 valence electrons. The number of amides is 1. The Balaban J connectivity index is 1.89. The minimum absolute atomic E-state index is 0.0900. The highest BCUT2D eigenvalue weighted by molar-refractivity contribution is 7.91. The van der Waals surface area contributed by atoms with Crippen LogP contribution < -0.4 is 10.1 Å². The number of hydrogen-bond acceptors (Lipinski definition) is 5. The van der Waals surface area contributed by atoms with Crippen LogP contribution in [0, 0.1) is 5.82 Å². The number of pyridine rings is 1. The molecule has 0 radical (unpaired) electrons. The summed E-state index contributed by atoms with van der Waals surface area (Å²) in [5.74, 6) is -0.586. The minimum atomic E-state index is -3.85. The van der Waals surface area contributed by atoms with E-state index in [1.807, 2.05) is 0 Å². The van der Waals surface area contributed by atoms with E-state index in [9.17, 15) is 17.6 Å². The lowest BCUT2D eigenvalue weighted by Gasteiger charge is -2.19. The fourth-order valence-corrected chi connectivity index (χ4v) is 4.46. The van der Waals surface area contributed by atoms with Gasteiger partial charge in [-0.3, -0.25) is 9.78 Å². The van der Waals surface area contributed by atoms with Crippen molar-refractivity contribution in [1.82, 2.24) is 10.3 Å². The second-order valence-corrected chi connectivity index (χ2v) is 8.35. The summed E-state index contributed by atoms with van der Waals surface area (Å²) in [6.07, 6.45) is 2.98. The molecule has 1 heterocycles. The monoisotopic (exact) mass is 414 g/mol. The average molecular weight is 414 g/mol. The Bertz CT molecular complexity index is 1090. The van der Waals surface area contributed by atoms with Crippen molar-refractivity contribution in [1.29, 1.82) is 0 Å². The van der Waals surface area contributed by atoms with Gasteiger partial charge in [-0.2, -0.15) is 0 Å². The second-order valence-electron chi connectivity index (χ2n) is 6.22. The van der Waals surface area contributed by atoms with Crippen molar-refractivity contribution < 1.29 is 22.3 Å². The van der Waals surface area contributed by atoms with Crippen LogP contribution in [0.1, 0.15) is 21.2 Å². The molecule has 2 aromatic carbocycles. The van der Waals surface area contributed by atoms with Crippen LogP contribution in [0.5, 0.6) is 5.75 Å². The van der Waals surface area contributed by atoms with Gasteiger partial charge < -0.3 is 10.1 Å².